The van der Waals surface area contributed by atoms with Crippen molar-refractivity contribution in [2.75, 3.05) is 31.6 Å². The third-order valence-corrected chi connectivity index (χ3v) is 5.91. The molecule has 1 fully saturated rings. The summed E-state index contributed by atoms with van der Waals surface area (Å²) in [7, 11) is -3.48. The average Bonchev–Trinajstić information content (AvgIpc) is 2.63. The Morgan fingerprint density at radius 2 is 1.48 bits per heavy atom. The lowest BCUT2D eigenvalue weighted by Gasteiger charge is -2.26. The molecule has 1 aliphatic heterocycles. The van der Waals surface area contributed by atoms with Gasteiger partial charge in [0.05, 0.1) is 18.1 Å². The highest BCUT2D eigenvalue weighted by atomic mass is 32.2. The van der Waals surface area contributed by atoms with E-state index in [4.69, 9.17) is 4.74 Å². The zero-order valence-corrected chi connectivity index (χ0v) is 14.8. The van der Waals surface area contributed by atoms with Crippen LogP contribution in [0.2, 0.25) is 0 Å². The lowest BCUT2D eigenvalue weighted by molar-refractivity contribution is -0.114. The van der Waals surface area contributed by atoms with Gasteiger partial charge in [0.2, 0.25) is 15.9 Å². The molecule has 1 aliphatic rings. The number of amides is 1. The van der Waals surface area contributed by atoms with Crippen molar-refractivity contribution in [1.82, 2.24) is 4.31 Å². The van der Waals surface area contributed by atoms with E-state index in [-0.39, 0.29) is 10.8 Å². The van der Waals surface area contributed by atoms with Crippen LogP contribution in [0.5, 0.6) is 0 Å². The molecule has 1 saturated heterocycles. The van der Waals surface area contributed by atoms with Gasteiger partial charge in [-0.2, -0.15) is 4.31 Å². The number of anilines is 1. The summed E-state index contributed by atoms with van der Waals surface area (Å²) in [4.78, 5) is 11.3. The third kappa shape index (κ3) is 4.07. The molecule has 2 aromatic rings. The predicted octanol–water partition coefficient (Wildman–Crippen LogP) is 2.33. The van der Waals surface area contributed by atoms with E-state index in [0.29, 0.717) is 26.3 Å². The van der Waals surface area contributed by atoms with Gasteiger partial charge >= 0.3 is 0 Å². The number of hydrogen-bond acceptors (Lipinski definition) is 4. The summed E-state index contributed by atoms with van der Waals surface area (Å²) in [6, 6.07) is 14.2. The Balaban J connectivity index is 1.78. The lowest BCUT2D eigenvalue weighted by Crippen LogP contribution is -2.40. The number of carbonyl (C=O) groups is 1. The van der Waals surface area contributed by atoms with Crippen molar-refractivity contribution in [1.29, 1.82) is 0 Å². The molecule has 0 unspecified atom stereocenters. The maximum atomic E-state index is 12.6. The molecule has 7 heteroatoms. The molecule has 6 nitrogen and oxygen atoms in total. The van der Waals surface area contributed by atoms with Crippen LogP contribution < -0.4 is 5.32 Å². The quantitative estimate of drug-likeness (QED) is 0.908. The number of sulfonamides is 1. The maximum Gasteiger partial charge on any atom is 0.243 e. The Labute approximate surface area is 147 Å². The van der Waals surface area contributed by atoms with Gasteiger partial charge in [-0.1, -0.05) is 24.3 Å². The van der Waals surface area contributed by atoms with Gasteiger partial charge in [-0.3, -0.25) is 4.79 Å². The van der Waals surface area contributed by atoms with Crippen LogP contribution in [-0.4, -0.2) is 44.9 Å². The minimum absolute atomic E-state index is 0.120. The van der Waals surface area contributed by atoms with Crippen LogP contribution in [-0.2, 0) is 19.6 Å². The van der Waals surface area contributed by atoms with Gasteiger partial charge in [-0.15, -0.1) is 0 Å². The fourth-order valence-corrected chi connectivity index (χ4v) is 4.11. The van der Waals surface area contributed by atoms with E-state index in [1.165, 1.54) is 11.2 Å². The fourth-order valence-electron chi connectivity index (χ4n) is 2.70. The first-order chi connectivity index (χ1) is 12.0. The van der Waals surface area contributed by atoms with E-state index in [1.54, 1.807) is 24.3 Å². The Morgan fingerprint density at radius 1 is 0.960 bits per heavy atom. The summed E-state index contributed by atoms with van der Waals surface area (Å²) < 4.78 is 31.9. The topological polar surface area (TPSA) is 75.7 Å². The van der Waals surface area contributed by atoms with Gasteiger partial charge in [-0.05, 0) is 35.4 Å². The summed E-state index contributed by atoms with van der Waals surface area (Å²) in [5.74, 6) is -0.120. The van der Waals surface area contributed by atoms with Gasteiger partial charge < -0.3 is 10.1 Å². The summed E-state index contributed by atoms with van der Waals surface area (Å²) in [5, 5.41) is 2.71. The van der Waals surface area contributed by atoms with E-state index in [2.05, 4.69) is 5.32 Å². The van der Waals surface area contributed by atoms with Gasteiger partial charge in [0.15, 0.2) is 0 Å². The molecule has 0 bridgehead atoms. The van der Waals surface area contributed by atoms with Crippen molar-refractivity contribution in [2.45, 2.75) is 11.8 Å². The van der Waals surface area contributed by atoms with Crippen molar-refractivity contribution in [2.24, 2.45) is 0 Å². The number of carbonyl (C=O) groups excluding carboxylic acids is 1. The zero-order valence-electron chi connectivity index (χ0n) is 13.9. The molecule has 0 atom stereocenters. The van der Waals surface area contributed by atoms with Gasteiger partial charge in [0, 0.05) is 25.7 Å². The van der Waals surface area contributed by atoms with Gasteiger partial charge in [0.25, 0.3) is 0 Å². The molecule has 132 valence electrons. The van der Waals surface area contributed by atoms with E-state index in [1.807, 2.05) is 24.3 Å². The maximum absolute atomic E-state index is 12.6. The van der Waals surface area contributed by atoms with E-state index in [9.17, 15) is 13.2 Å². The summed E-state index contributed by atoms with van der Waals surface area (Å²) >= 11 is 0. The van der Waals surface area contributed by atoms with Crippen LogP contribution in [0.1, 0.15) is 6.92 Å². The Morgan fingerprint density at radius 3 is 2.00 bits per heavy atom. The molecular weight excluding hydrogens is 340 g/mol. The number of nitrogens with one attached hydrogen (secondary N) is 1. The predicted molar refractivity (Wildman–Crippen MR) is 95.8 cm³/mol. The monoisotopic (exact) mass is 360 g/mol. The van der Waals surface area contributed by atoms with Crippen LogP contribution in [0.15, 0.2) is 53.4 Å². The fraction of sp³-hybridized carbons (Fsp3) is 0.278. The molecule has 25 heavy (non-hydrogen) atoms. The highest BCUT2D eigenvalue weighted by Crippen LogP contribution is 2.24. The van der Waals surface area contributed by atoms with Crippen LogP contribution in [0.3, 0.4) is 0 Å². The van der Waals surface area contributed by atoms with Crippen molar-refractivity contribution in [3.63, 3.8) is 0 Å². The van der Waals surface area contributed by atoms with E-state index in [0.717, 1.165) is 16.8 Å². The van der Waals surface area contributed by atoms with Crippen LogP contribution >= 0.6 is 0 Å². The van der Waals surface area contributed by atoms with E-state index < -0.39 is 10.0 Å². The smallest absolute Gasteiger partial charge is 0.243 e. The summed E-state index contributed by atoms with van der Waals surface area (Å²) in [6.45, 7) is 3.08. The average molecular weight is 360 g/mol. The van der Waals surface area contributed by atoms with E-state index >= 15 is 0 Å². The Kier molecular flexibility index (Phi) is 5.17. The van der Waals surface area contributed by atoms with Crippen LogP contribution in [0.4, 0.5) is 5.69 Å². The second-order valence-electron chi connectivity index (χ2n) is 5.80. The van der Waals surface area contributed by atoms with Crippen LogP contribution in [0, 0.1) is 0 Å². The molecule has 2 aromatic carbocycles. The van der Waals surface area contributed by atoms with Gasteiger partial charge in [0.1, 0.15) is 0 Å². The van der Waals surface area contributed by atoms with Crippen LogP contribution in [0.25, 0.3) is 11.1 Å². The lowest BCUT2D eigenvalue weighted by atomic mass is 10.1. The molecule has 1 amide bonds. The second kappa shape index (κ2) is 7.35. The molecule has 0 aromatic heterocycles. The normalized spacial score (nSPS) is 15.7. The second-order valence-corrected chi connectivity index (χ2v) is 7.74. The largest absolute Gasteiger partial charge is 0.379 e. The van der Waals surface area contributed by atoms with Gasteiger partial charge in [-0.25, -0.2) is 8.42 Å². The molecule has 1 N–H and O–H groups in total. The zero-order chi connectivity index (χ0) is 17.9. The Hall–Kier alpha value is -2.22. The summed E-state index contributed by atoms with van der Waals surface area (Å²) in [6.07, 6.45) is 0. The number of ether oxygens (including phenoxy) is 1. The molecule has 0 spiro atoms. The minimum Gasteiger partial charge on any atom is -0.379 e. The number of benzene rings is 2. The highest BCUT2D eigenvalue weighted by Gasteiger charge is 2.26. The number of nitrogens with zero attached hydrogens (tertiary/aromatic N) is 1. The standard InChI is InChI=1S/C18H20N2O4S/c1-14(21)19-17-6-2-15(3-7-17)16-4-8-18(9-5-16)25(22,23)20-10-12-24-13-11-20/h2-9H,10-13H2,1H3,(H,19,21). The summed E-state index contributed by atoms with van der Waals surface area (Å²) in [5.41, 5.74) is 2.59. The first-order valence-electron chi connectivity index (χ1n) is 8.03. The minimum atomic E-state index is -3.48. The molecule has 0 aliphatic carbocycles. The van der Waals surface area contributed by atoms with Crippen molar-refractivity contribution in [3.8, 4) is 11.1 Å². The number of rotatable bonds is 4. The number of hydrogen-bond donors (Lipinski definition) is 1. The van der Waals surface area contributed by atoms with Crippen molar-refractivity contribution < 1.29 is 17.9 Å². The molecule has 0 radical (unpaired) electrons. The van der Waals surface area contributed by atoms with Crippen molar-refractivity contribution >= 4 is 21.6 Å². The molecule has 0 saturated carbocycles. The first kappa shape index (κ1) is 17.6. The third-order valence-electron chi connectivity index (χ3n) is 4.00. The SMILES string of the molecule is CC(=O)Nc1ccc(-c2ccc(S(=O)(=O)N3CCOCC3)cc2)cc1. The highest BCUT2D eigenvalue weighted by molar-refractivity contribution is 7.89. The number of morpholine rings is 1. The molecule has 3 rings (SSSR count). The first-order valence-corrected chi connectivity index (χ1v) is 9.47. The van der Waals surface area contributed by atoms with Crippen molar-refractivity contribution in [3.05, 3.63) is 48.5 Å². The Bertz CT molecular complexity index is 840. The molecular formula is C18H20N2O4S. The molecule has 1 heterocycles.